The lowest BCUT2D eigenvalue weighted by Gasteiger charge is -2.47. The van der Waals surface area contributed by atoms with Crippen LogP contribution in [0.4, 0.5) is 0 Å². The summed E-state index contributed by atoms with van der Waals surface area (Å²) >= 11 is 0. The van der Waals surface area contributed by atoms with Crippen LogP contribution in [0.2, 0.25) is 0 Å². The number of aliphatic hydroxyl groups is 1. The first-order valence-corrected chi connectivity index (χ1v) is 8.09. The molecule has 3 atom stereocenters. The van der Waals surface area contributed by atoms with E-state index in [-0.39, 0.29) is 6.10 Å². The summed E-state index contributed by atoms with van der Waals surface area (Å²) in [5, 5.41) is 9.68. The molecule has 0 radical (unpaired) electrons. The van der Waals surface area contributed by atoms with Crippen molar-refractivity contribution >= 4 is 0 Å². The maximum absolute atomic E-state index is 9.68. The molecule has 1 nitrogen and oxygen atoms in total. The van der Waals surface area contributed by atoms with E-state index < -0.39 is 0 Å². The molecule has 0 saturated heterocycles. The number of rotatable bonds is 2. The summed E-state index contributed by atoms with van der Waals surface area (Å²) < 4.78 is 0. The number of aliphatic hydroxyl groups excluding tert-OH is 1. The van der Waals surface area contributed by atoms with Crippen LogP contribution >= 0.6 is 0 Å². The Bertz CT molecular complexity index is 263. The van der Waals surface area contributed by atoms with Crippen molar-refractivity contribution in [3.05, 3.63) is 0 Å². The first-order chi connectivity index (χ1) is 8.41. The van der Waals surface area contributed by atoms with Gasteiger partial charge in [-0.25, -0.2) is 0 Å². The van der Waals surface area contributed by atoms with Gasteiger partial charge in [0, 0.05) is 0 Å². The zero-order valence-electron chi connectivity index (χ0n) is 12.8. The molecule has 2 fully saturated rings. The molecule has 0 spiro atoms. The van der Waals surface area contributed by atoms with Gasteiger partial charge in [0.15, 0.2) is 0 Å². The SMILES string of the molecule is CC1CCC(C(C)(C)C2CCC(O)CC2)CC1C. The van der Waals surface area contributed by atoms with Gasteiger partial charge in [-0.15, -0.1) is 0 Å². The van der Waals surface area contributed by atoms with Crippen LogP contribution < -0.4 is 0 Å². The van der Waals surface area contributed by atoms with Crippen molar-refractivity contribution in [1.29, 1.82) is 0 Å². The fourth-order valence-corrected chi connectivity index (χ4v) is 4.38. The Morgan fingerprint density at radius 2 is 1.33 bits per heavy atom. The van der Waals surface area contributed by atoms with Crippen molar-refractivity contribution in [3.8, 4) is 0 Å². The highest BCUT2D eigenvalue weighted by Crippen LogP contribution is 2.50. The van der Waals surface area contributed by atoms with Gasteiger partial charge in [0.05, 0.1) is 6.10 Å². The normalized spacial score (nSPS) is 42.8. The van der Waals surface area contributed by atoms with Gasteiger partial charge in [0.2, 0.25) is 0 Å². The van der Waals surface area contributed by atoms with Gasteiger partial charge in [0.25, 0.3) is 0 Å². The lowest BCUT2D eigenvalue weighted by molar-refractivity contribution is 0.00651. The van der Waals surface area contributed by atoms with Gasteiger partial charge in [-0.2, -0.15) is 0 Å². The van der Waals surface area contributed by atoms with Crippen molar-refractivity contribution in [1.82, 2.24) is 0 Å². The molecular weight excluding hydrogens is 220 g/mol. The highest BCUT2D eigenvalue weighted by molar-refractivity contribution is 4.91. The molecule has 2 aliphatic carbocycles. The fourth-order valence-electron chi connectivity index (χ4n) is 4.38. The van der Waals surface area contributed by atoms with Crippen LogP contribution in [0, 0.1) is 29.1 Å². The predicted octanol–water partition coefficient (Wildman–Crippen LogP) is 4.64. The van der Waals surface area contributed by atoms with Crippen molar-refractivity contribution < 1.29 is 5.11 Å². The van der Waals surface area contributed by atoms with E-state index in [1.807, 2.05) is 0 Å². The zero-order valence-corrected chi connectivity index (χ0v) is 12.8. The average molecular weight is 252 g/mol. The molecule has 0 aromatic rings. The van der Waals surface area contributed by atoms with E-state index in [4.69, 9.17) is 0 Å². The minimum absolute atomic E-state index is 0.0117. The topological polar surface area (TPSA) is 20.2 Å². The summed E-state index contributed by atoms with van der Waals surface area (Å²) in [6.45, 7) is 9.87. The quantitative estimate of drug-likeness (QED) is 0.759. The van der Waals surface area contributed by atoms with Crippen molar-refractivity contribution in [3.63, 3.8) is 0 Å². The van der Waals surface area contributed by atoms with Crippen LogP contribution in [-0.2, 0) is 0 Å². The molecule has 0 bridgehead atoms. The van der Waals surface area contributed by atoms with E-state index in [9.17, 15) is 5.11 Å². The fraction of sp³-hybridized carbons (Fsp3) is 1.00. The smallest absolute Gasteiger partial charge is 0.0540 e. The van der Waals surface area contributed by atoms with Crippen LogP contribution in [0.15, 0.2) is 0 Å². The molecule has 2 saturated carbocycles. The van der Waals surface area contributed by atoms with Gasteiger partial charge in [-0.05, 0) is 67.6 Å². The summed E-state index contributed by atoms with van der Waals surface area (Å²) in [6.07, 6.45) is 8.82. The van der Waals surface area contributed by atoms with E-state index in [2.05, 4.69) is 27.7 Å². The Hall–Kier alpha value is -0.0400. The summed E-state index contributed by atoms with van der Waals surface area (Å²) in [6, 6.07) is 0. The largest absolute Gasteiger partial charge is 0.393 e. The molecule has 2 rings (SSSR count). The second-order valence-corrected chi connectivity index (χ2v) is 7.79. The van der Waals surface area contributed by atoms with Crippen LogP contribution in [0.3, 0.4) is 0 Å². The van der Waals surface area contributed by atoms with E-state index in [1.54, 1.807) is 0 Å². The van der Waals surface area contributed by atoms with E-state index in [1.165, 1.54) is 32.1 Å². The summed E-state index contributed by atoms with van der Waals surface area (Å²) in [5.41, 5.74) is 0.481. The molecule has 2 aliphatic rings. The molecular formula is C17H32O. The third kappa shape index (κ3) is 2.92. The standard InChI is InChI=1S/C17H32O/c1-12-5-6-15(11-13(12)2)17(3,4)14-7-9-16(18)10-8-14/h12-16,18H,5-11H2,1-4H3. The van der Waals surface area contributed by atoms with E-state index in [0.29, 0.717) is 5.41 Å². The minimum atomic E-state index is -0.0117. The Morgan fingerprint density at radius 1 is 0.778 bits per heavy atom. The zero-order chi connectivity index (χ0) is 13.3. The van der Waals surface area contributed by atoms with Crippen LogP contribution in [-0.4, -0.2) is 11.2 Å². The summed E-state index contributed by atoms with van der Waals surface area (Å²) in [5.74, 6) is 3.57. The Morgan fingerprint density at radius 3 is 1.89 bits per heavy atom. The monoisotopic (exact) mass is 252 g/mol. The molecule has 3 unspecified atom stereocenters. The molecule has 0 aromatic heterocycles. The molecule has 106 valence electrons. The second kappa shape index (κ2) is 5.53. The lowest BCUT2D eigenvalue weighted by atomic mass is 9.58. The molecule has 18 heavy (non-hydrogen) atoms. The minimum Gasteiger partial charge on any atom is -0.393 e. The maximum Gasteiger partial charge on any atom is 0.0540 e. The first kappa shape index (κ1) is 14.4. The highest BCUT2D eigenvalue weighted by Gasteiger charge is 2.41. The highest BCUT2D eigenvalue weighted by atomic mass is 16.3. The van der Waals surface area contributed by atoms with Crippen LogP contribution in [0.5, 0.6) is 0 Å². The number of hydrogen-bond donors (Lipinski definition) is 1. The third-order valence-electron chi connectivity index (χ3n) is 6.40. The lowest BCUT2D eigenvalue weighted by Crippen LogP contribution is -2.39. The predicted molar refractivity (Wildman–Crippen MR) is 77.4 cm³/mol. The van der Waals surface area contributed by atoms with Gasteiger partial charge < -0.3 is 5.11 Å². The van der Waals surface area contributed by atoms with Crippen molar-refractivity contribution in [2.75, 3.05) is 0 Å². The molecule has 1 heteroatoms. The van der Waals surface area contributed by atoms with Crippen molar-refractivity contribution in [2.45, 2.75) is 78.7 Å². The van der Waals surface area contributed by atoms with Crippen LogP contribution in [0.1, 0.15) is 72.6 Å². The molecule has 0 amide bonds. The Kier molecular flexibility index (Phi) is 4.41. The summed E-state index contributed by atoms with van der Waals surface area (Å²) in [7, 11) is 0. The van der Waals surface area contributed by atoms with Gasteiger partial charge in [-0.3, -0.25) is 0 Å². The Labute approximate surface area is 113 Å². The molecule has 1 N–H and O–H groups in total. The number of hydrogen-bond acceptors (Lipinski definition) is 1. The molecule has 0 aromatic carbocycles. The van der Waals surface area contributed by atoms with E-state index >= 15 is 0 Å². The third-order valence-corrected chi connectivity index (χ3v) is 6.40. The maximum atomic E-state index is 9.68. The van der Waals surface area contributed by atoms with Gasteiger partial charge in [-0.1, -0.05) is 34.1 Å². The molecule has 0 aliphatic heterocycles. The summed E-state index contributed by atoms with van der Waals surface area (Å²) in [4.78, 5) is 0. The first-order valence-electron chi connectivity index (χ1n) is 8.09. The average Bonchev–Trinajstić information content (AvgIpc) is 2.33. The second-order valence-electron chi connectivity index (χ2n) is 7.79. The van der Waals surface area contributed by atoms with Crippen LogP contribution in [0.25, 0.3) is 0 Å². The van der Waals surface area contributed by atoms with Gasteiger partial charge in [0.1, 0.15) is 0 Å². The Balaban J connectivity index is 1.97. The van der Waals surface area contributed by atoms with E-state index in [0.717, 1.165) is 36.5 Å². The van der Waals surface area contributed by atoms with Gasteiger partial charge >= 0.3 is 0 Å². The van der Waals surface area contributed by atoms with Crippen molar-refractivity contribution in [2.24, 2.45) is 29.1 Å². The molecule has 0 heterocycles.